The topological polar surface area (TPSA) is 58.2 Å². The summed E-state index contributed by atoms with van der Waals surface area (Å²) in [6.07, 6.45) is 7.45. The molecule has 0 aromatic heterocycles. The van der Waals surface area contributed by atoms with E-state index >= 15 is 0 Å². The van der Waals surface area contributed by atoms with E-state index in [9.17, 15) is 9.59 Å². The van der Waals surface area contributed by atoms with Gasteiger partial charge in [-0.25, -0.2) is 0 Å². The van der Waals surface area contributed by atoms with E-state index in [4.69, 9.17) is 0 Å². The third-order valence-electron chi connectivity index (χ3n) is 3.74. The molecule has 0 aromatic rings. The zero-order valence-corrected chi connectivity index (χ0v) is 13.0. The van der Waals surface area contributed by atoms with Gasteiger partial charge in [0.05, 0.1) is 0 Å². The summed E-state index contributed by atoms with van der Waals surface area (Å²) in [6, 6.07) is -0.300. The SMILES string of the molecule is CCCC(C)/C(C)=C/C=C(\C)NC1CCC(=O)NC1=O. The van der Waals surface area contributed by atoms with Crippen molar-refractivity contribution >= 4 is 11.8 Å². The Morgan fingerprint density at radius 1 is 1.40 bits per heavy atom. The van der Waals surface area contributed by atoms with E-state index in [1.165, 1.54) is 18.4 Å². The van der Waals surface area contributed by atoms with Gasteiger partial charge in [0.15, 0.2) is 0 Å². The van der Waals surface area contributed by atoms with Gasteiger partial charge in [-0.15, -0.1) is 0 Å². The Labute approximate surface area is 121 Å². The number of amides is 2. The summed E-state index contributed by atoms with van der Waals surface area (Å²) in [5.41, 5.74) is 2.29. The maximum Gasteiger partial charge on any atom is 0.249 e. The lowest BCUT2D eigenvalue weighted by Gasteiger charge is -2.23. The number of imide groups is 1. The molecule has 2 N–H and O–H groups in total. The lowest BCUT2D eigenvalue weighted by molar-refractivity contribution is -0.134. The lowest BCUT2D eigenvalue weighted by Crippen LogP contribution is -2.50. The minimum absolute atomic E-state index is 0.182. The molecule has 1 aliphatic rings. The van der Waals surface area contributed by atoms with E-state index in [1.807, 2.05) is 13.0 Å². The van der Waals surface area contributed by atoms with Crippen LogP contribution in [0.2, 0.25) is 0 Å². The predicted octanol–water partition coefficient (Wildman–Crippen LogP) is 2.67. The molecule has 4 nitrogen and oxygen atoms in total. The molecule has 0 bridgehead atoms. The van der Waals surface area contributed by atoms with Crippen LogP contribution in [0.5, 0.6) is 0 Å². The largest absolute Gasteiger partial charge is 0.377 e. The minimum Gasteiger partial charge on any atom is -0.377 e. The fourth-order valence-electron chi connectivity index (χ4n) is 2.24. The molecular weight excluding hydrogens is 252 g/mol. The van der Waals surface area contributed by atoms with Gasteiger partial charge >= 0.3 is 0 Å². The van der Waals surface area contributed by atoms with Gasteiger partial charge in [0.2, 0.25) is 11.8 Å². The van der Waals surface area contributed by atoms with Crippen LogP contribution in [-0.4, -0.2) is 17.9 Å². The number of carbonyl (C=O) groups is 2. The van der Waals surface area contributed by atoms with E-state index < -0.39 is 0 Å². The summed E-state index contributed by atoms with van der Waals surface area (Å²) >= 11 is 0. The standard InChI is InChI=1S/C16H26N2O2/c1-5-6-11(2)12(3)7-8-13(4)17-14-9-10-15(19)18-16(14)20/h7-8,11,14,17H,5-6,9-10H2,1-4H3,(H,18,19,20)/b12-7+,13-8+. The van der Waals surface area contributed by atoms with E-state index in [-0.39, 0.29) is 17.9 Å². The Morgan fingerprint density at radius 2 is 2.10 bits per heavy atom. The first-order valence-corrected chi connectivity index (χ1v) is 7.39. The monoisotopic (exact) mass is 278 g/mol. The summed E-state index contributed by atoms with van der Waals surface area (Å²) in [5, 5.41) is 5.52. The highest BCUT2D eigenvalue weighted by molar-refractivity contribution is 6.00. The Hall–Kier alpha value is -1.58. The number of carbonyl (C=O) groups excluding carboxylic acids is 2. The number of nitrogens with one attached hydrogen (secondary N) is 2. The molecule has 1 heterocycles. The Kier molecular flexibility index (Phi) is 6.49. The van der Waals surface area contributed by atoms with Crippen molar-refractivity contribution in [3.8, 4) is 0 Å². The molecule has 112 valence electrons. The predicted molar refractivity (Wildman–Crippen MR) is 80.9 cm³/mol. The van der Waals surface area contributed by atoms with Gasteiger partial charge in [-0.05, 0) is 38.7 Å². The van der Waals surface area contributed by atoms with Crippen molar-refractivity contribution in [1.29, 1.82) is 0 Å². The molecule has 0 aromatic carbocycles. The van der Waals surface area contributed by atoms with E-state index in [1.54, 1.807) is 0 Å². The first kappa shape index (κ1) is 16.5. The van der Waals surface area contributed by atoms with Crippen molar-refractivity contribution in [1.82, 2.24) is 10.6 Å². The summed E-state index contributed by atoms with van der Waals surface area (Å²) in [4.78, 5) is 22.7. The van der Waals surface area contributed by atoms with Gasteiger partial charge in [-0.1, -0.05) is 31.9 Å². The molecule has 2 unspecified atom stereocenters. The van der Waals surface area contributed by atoms with Crippen LogP contribution >= 0.6 is 0 Å². The minimum atomic E-state index is -0.300. The highest BCUT2D eigenvalue weighted by Crippen LogP contribution is 2.16. The normalized spacial score (nSPS) is 22.5. The van der Waals surface area contributed by atoms with Crippen LogP contribution in [0.25, 0.3) is 0 Å². The number of allylic oxidation sites excluding steroid dienone is 4. The fourth-order valence-corrected chi connectivity index (χ4v) is 2.24. The molecule has 0 aliphatic carbocycles. The zero-order chi connectivity index (χ0) is 15.1. The maximum absolute atomic E-state index is 11.6. The summed E-state index contributed by atoms with van der Waals surface area (Å²) < 4.78 is 0. The third kappa shape index (κ3) is 5.19. The highest BCUT2D eigenvalue weighted by Gasteiger charge is 2.25. The molecule has 1 fully saturated rings. The number of hydrogen-bond acceptors (Lipinski definition) is 3. The van der Waals surface area contributed by atoms with E-state index in [2.05, 4.69) is 37.5 Å². The second-order valence-electron chi connectivity index (χ2n) is 5.60. The molecule has 0 saturated carbocycles. The second-order valence-corrected chi connectivity index (χ2v) is 5.60. The lowest BCUT2D eigenvalue weighted by atomic mass is 9.97. The van der Waals surface area contributed by atoms with Crippen molar-refractivity contribution in [2.45, 2.75) is 59.4 Å². The van der Waals surface area contributed by atoms with Gasteiger partial charge in [-0.2, -0.15) is 0 Å². The quantitative estimate of drug-likeness (QED) is 0.580. The van der Waals surface area contributed by atoms with Crippen LogP contribution in [0, 0.1) is 5.92 Å². The van der Waals surface area contributed by atoms with Gasteiger partial charge in [0.25, 0.3) is 0 Å². The molecule has 1 rings (SSSR count). The van der Waals surface area contributed by atoms with Crippen molar-refractivity contribution in [3.63, 3.8) is 0 Å². The number of rotatable bonds is 6. The molecule has 1 saturated heterocycles. The van der Waals surface area contributed by atoms with Crippen LogP contribution in [0.4, 0.5) is 0 Å². The Morgan fingerprint density at radius 3 is 2.70 bits per heavy atom. The van der Waals surface area contributed by atoms with E-state index in [0.29, 0.717) is 18.8 Å². The smallest absolute Gasteiger partial charge is 0.249 e. The van der Waals surface area contributed by atoms with Gasteiger partial charge < -0.3 is 5.32 Å². The molecule has 2 atom stereocenters. The number of piperidine rings is 1. The molecular formula is C16H26N2O2. The van der Waals surface area contributed by atoms with Crippen LogP contribution in [0.3, 0.4) is 0 Å². The average molecular weight is 278 g/mol. The second kappa shape index (κ2) is 7.88. The van der Waals surface area contributed by atoms with Crippen LogP contribution in [0.15, 0.2) is 23.4 Å². The van der Waals surface area contributed by atoms with Crippen LogP contribution in [-0.2, 0) is 9.59 Å². The van der Waals surface area contributed by atoms with Crippen molar-refractivity contribution < 1.29 is 9.59 Å². The average Bonchev–Trinajstić information content (AvgIpc) is 2.39. The highest BCUT2D eigenvalue weighted by atomic mass is 16.2. The summed E-state index contributed by atoms with van der Waals surface area (Å²) in [5.74, 6) is 0.174. The first-order valence-electron chi connectivity index (χ1n) is 7.39. The summed E-state index contributed by atoms with van der Waals surface area (Å²) in [6.45, 7) is 8.50. The van der Waals surface area contributed by atoms with Crippen LogP contribution in [0.1, 0.15) is 53.4 Å². The molecule has 4 heteroatoms. The van der Waals surface area contributed by atoms with Crippen molar-refractivity contribution in [3.05, 3.63) is 23.4 Å². The van der Waals surface area contributed by atoms with Gasteiger partial charge in [0.1, 0.15) is 6.04 Å². The van der Waals surface area contributed by atoms with E-state index in [0.717, 1.165) is 5.70 Å². The molecule has 0 radical (unpaired) electrons. The van der Waals surface area contributed by atoms with Gasteiger partial charge in [0, 0.05) is 12.1 Å². The molecule has 1 aliphatic heterocycles. The first-order chi connectivity index (χ1) is 9.43. The Bertz CT molecular complexity index is 424. The maximum atomic E-state index is 11.6. The molecule has 2 amide bonds. The summed E-state index contributed by atoms with van der Waals surface area (Å²) in [7, 11) is 0. The zero-order valence-electron chi connectivity index (χ0n) is 13.0. The van der Waals surface area contributed by atoms with Gasteiger partial charge in [-0.3, -0.25) is 14.9 Å². The molecule has 0 spiro atoms. The Balaban J connectivity index is 2.55. The fraction of sp³-hybridized carbons (Fsp3) is 0.625. The number of hydrogen-bond donors (Lipinski definition) is 2. The van der Waals surface area contributed by atoms with Crippen molar-refractivity contribution in [2.24, 2.45) is 5.92 Å². The van der Waals surface area contributed by atoms with Crippen LogP contribution < -0.4 is 10.6 Å². The molecule has 20 heavy (non-hydrogen) atoms. The van der Waals surface area contributed by atoms with Crippen molar-refractivity contribution in [2.75, 3.05) is 0 Å². The third-order valence-corrected chi connectivity index (χ3v) is 3.74.